The van der Waals surface area contributed by atoms with Crippen LogP contribution >= 0.6 is 11.6 Å². The van der Waals surface area contributed by atoms with Crippen LogP contribution in [0.1, 0.15) is 6.42 Å². The van der Waals surface area contributed by atoms with Crippen molar-refractivity contribution in [2.45, 2.75) is 17.4 Å². The predicted octanol–water partition coefficient (Wildman–Crippen LogP) is 0.551. The molecule has 2 aliphatic rings. The Morgan fingerprint density at radius 1 is 1.28 bits per heavy atom. The van der Waals surface area contributed by atoms with Gasteiger partial charge >= 0.3 is 0 Å². The van der Waals surface area contributed by atoms with E-state index in [1.54, 1.807) is 17.0 Å². The highest BCUT2D eigenvalue weighted by Crippen LogP contribution is 2.21. The van der Waals surface area contributed by atoms with E-state index in [9.17, 15) is 13.2 Å². The van der Waals surface area contributed by atoms with Crippen LogP contribution in [-0.4, -0.2) is 75.5 Å². The quantitative estimate of drug-likeness (QED) is 0.816. The lowest BCUT2D eigenvalue weighted by molar-refractivity contribution is -0.133. The molecule has 0 saturated carbocycles. The van der Waals surface area contributed by atoms with Gasteiger partial charge in [-0.1, -0.05) is 17.7 Å². The molecule has 0 aromatic heterocycles. The highest BCUT2D eigenvalue weighted by atomic mass is 35.5. The maximum atomic E-state index is 12.7. The first-order valence-electron chi connectivity index (χ1n) is 8.31. The van der Waals surface area contributed by atoms with Crippen molar-refractivity contribution in [1.82, 2.24) is 14.5 Å². The minimum atomic E-state index is -3.58. The number of halogens is 1. The van der Waals surface area contributed by atoms with E-state index in [0.717, 1.165) is 6.54 Å². The van der Waals surface area contributed by atoms with Gasteiger partial charge in [-0.15, -0.1) is 0 Å². The summed E-state index contributed by atoms with van der Waals surface area (Å²) in [5.41, 5.74) is 0. The van der Waals surface area contributed by atoms with Crippen molar-refractivity contribution in [1.29, 1.82) is 0 Å². The van der Waals surface area contributed by atoms with Crippen molar-refractivity contribution in [2.75, 3.05) is 45.9 Å². The van der Waals surface area contributed by atoms with Crippen LogP contribution in [0.4, 0.5) is 0 Å². The topological polar surface area (TPSA) is 79.0 Å². The molecular formula is C16H22ClN3O4S. The molecule has 0 spiro atoms. The van der Waals surface area contributed by atoms with Crippen LogP contribution in [0.2, 0.25) is 5.02 Å². The van der Waals surface area contributed by atoms with Crippen LogP contribution < -0.4 is 5.32 Å². The fraction of sp³-hybridized carbons (Fsp3) is 0.562. The molecule has 1 unspecified atom stereocenters. The van der Waals surface area contributed by atoms with Gasteiger partial charge in [0.25, 0.3) is 0 Å². The fourth-order valence-electron chi connectivity index (χ4n) is 3.05. The number of sulfonamides is 1. The van der Waals surface area contributed by atoms with Crippen molar-refractivity contribution in [2.24, 2.45) is 0 Å². The summed E-state index contributed by atoms with van der Waals surface area (Å²) in [6, 6.07) is 6.28. The molecule has 25 heavy (non-hydrogen) atoms. The van der Waals surface area contributed by atoms with Crippen LogP contribution in [0.3, 0.4) is 0 Å². The van der Waals surface area contributed by atoms with Crippen LogP contribution in [0.5, 0.6) is 0 Å². The van der Waals surface area contributed by atoms with Gasteiger partial charge in [0, 0.05) is 50.2 Å². The lowest BCUT2D eigenvalue weighted by Crippen LogP contribution is -2.52. The van der Waals surface area contributed by atoms with Gasteiger partial charge in [-0.05, 0) is 18.2 Å². The summed E-state index contributed by atoms with van der Waals surface area (Å²) in [4.78, 5) is 14.3. The molecule has 1 amide bonds. The highest BCUT2D eigenvalue weighted by Gasteiger charge is 2.31. The maximum absolute atomic E-state index is 12.7. The zero-order valence-electron chi connectivity index (χ0n) is 13.9. The Kier molecular flexibility index (Phi) is 5.96. The van der Waals surface area contributed by atoms with E-state index in [4.69, 9.17) is 16.3 Å². The van der Waals surface area contributed by atoms with E-state index in [1.165, 1.54) is 16.4 Å². The van der Waals surface area contributed by atoms with Gasteiger partial charge < -0.3 is 15.0 Å². The Hall–Kier alpha value is -1.19. The van der Waals surface area contributed by atoms with Gasteiger partial charge in [0.2, 0.25) is 15.9 Å². The Balaban J connectivity index is 1.56. The molecule has 2 aliphatic heterocycles. The second-order valence-electron chi connectivity index (χ2n) is 6.17. The molecule has 9 heteroatoms. The number of hydrogen-bond acceptors (Lipinski definition) is 5. The first-order chi connectivity index (χ1) is 12.0. The normalized spacial score (nSPS) is 22.8. The molecule has 1 atom stereocenters. The molecule has 7 nitrogen and oxygen atoms in total. The molecule has 2 fully saturated rings. The van der Waals surface area contributed by atoms with Gasteiger partial charge in [0.15, 0.2) is 0 Å². The smallest absolute Gasteiger partial charge is 0.243 e. The van der Waals surface area contributed by atoms with Crippen molar-refractivity contribution < 1.29 is 17.9 Å². The van der Waals surface area contributed by atoms with E-state index in [-0.39, 0.29) is 29.9 Å². The Morgan fingerprint density at radius 3 is 2.68 bits per heavy atom. The highest BCUT2D eigenvalue weighted by molar-refractivity contribution is 7.89. The third-order valence-electron chi connectivity index (χ3n) is 4.44. The summed E-state index contributed by atoms with van der Waals surface area (Å²) in [7, 11) is -3.58. The van der Waals surface area contributed by atoms with Gasteiger partial charge in [0.1, 0.15) is 0 Å². The number of amides is 1. The number of hydrogen-bond donors (Lipinski definition) is 1. The van der Waals surface area contributed by atoms with Gasteiger partial charge in [-0.25, -0.2) is 8.42 Å². The summed E-state index contributed by atoms with van der Waals surface area (Å²) < 4.78 is 32.1. The van der Waals surface area contributed by atoms with E-state index >= 15 is 0 Å². The largest absolute Gasteiger partial charge is 0.378 e. The van der Waals surface area contributed by atoms with Crippen LogP contribution in [0.15, 0.2) is 29.2 Å². The minimum Gasteiger partial charge on any atom is -0.378 e. The number of piperazine rings is 1. The van der Waals surface area contributed by atoms with Crippen molar-refractivity contribution in [3.8, 4) is 0 Å². The Bertz CT molecular complexity index is 714. The predicted molar refractivity (Wildman–Crippen MR) is 94.0 cm³/mol. The van der Waals surface area contributed by atoms with E-state index < -0.39 is 10.0 Å². The summed E-state index contributed by atoms with van der Waals surface area (Å²) >= 11 is 5.90. The number of ether oxygens (including phenoxy) is 1. The Labute approximate surface area is 152 Å². The van der Waals surface area contributed by atoms with Gasteiger partial charge in [-0.2, -0.15) is 4.31 Å². The summed E-state index contributed by atoms with van der Waals surface area (Å²) in [5, 5.41) is 3.64. The number of carbonyl (C=O) groups is 1. The molecule has 0 radical (unpaired) electrons. The fourth-order valence-corrected chi connectivity index (χ4v) is 4.77. The number of benzene rings is 1. The average Bonchev–Trinajstić information content (AvgIpc) is 2.62. The first kappa shape index (κ1) is 18.6. The van der Waals surface area contributed by atoms with Crippen LogP contribution in [0, 0.1) is 0 Å². The summed E-state index contributed by atoms with van der Waals surface area (Å²) in [6.45, 7) is 3.33. The number of carbonyl (C=O) groups excluding carboxylic acids is 1. The number of rotatable bonds is 4. The maximum Gasteiger partial charge on any atom is 0.243 e. The van der Waals surface area contributed by atoms with Gasteiger partial charge in [0.05, 0.1) is 18.1 Å². The summed E-state index contributed by atoms with van der Waals surface area (Å²) in [6.07, 6.45) is 0.376. The summed E-state index contributed by atoms with van der Waals surface area (Å²) in [5.74, 6) is 0.0304. The molecule has 3 rings (SSSR count). The van der Waals surface area contributed by atoms with E-state index in [2.05, 4.69) is 5.32 Å². The molecule has 1 aromatic carbocycles. The van der Waals surface area contributed by atoms with E-state index in [1.807, 2.05) is 0 Å². The van der Waals surface area contributed by atoms with Crippen molar-refractivity contribution >= 4 is 27.5 Å². The SMILES string of the molecule is O=C(CC1COCCN1)N1CCN(S(=O)(=O)c2cccc(Cl)c2)CC1. The first-order valence-corrected chi connectivity index (χ1v) is 10.1. The zero-order chi connectivity index (χ0) is 17.9. The average molecular weight is 388 g/mol. The second-order valence-corrected chi connectivity index (χ2v) is 8.55. The molecule has 0 bridgehead atoms. The minimum absolute atomic E-state index is 0.0304. The molecule has 138 valence electrons. The lowest BCUT2D eigenvalue weighted by Gasteiger charge is -2.35. The van der Waals surface area contributed by atoms with E-state index in [0.29, 0.717) is 37.7 Å². The zero-order valence-corrected chi connectivity index (χ0v) is 15.4. The molecule has 0 aliphatic carbocycles. The molecule has 2 saturated heterocycles. The monoisotopic (exact) mass is 387 g/mol. The molecule has 1 aromatic rings. The van der Waals surface area contributed by atoms with Crippen LogP contribution in [0.25, 0.3) is 0 Å². The van der Waals surface area contributed by atoms with Crippen molar-refractivity contribution in [3.05, 3.63) is 29.3 Å². The molecule has 2 heterocycles. The van der Waals surface area contributed by atoms with Crippen molar-refractivity contribution in [3.63, 3.8) is 0 Å². The number of nitrogens with zero attached hydrogens (tertiary/aromatic N) is 2. The third kappa shape index (κ3) is 4.51. The Morgan fingerprint density at radius 2 is 2.04 bits per heavy atom. The second kappa shape index (κ2) is 8.01. The number of nitrogens with one attached hydrogen (secondary N) is 1. The lowest BCUT2D eigenvalue weighted by atomic mass is 10.1. The molecular weight excluding hydrogens is 366 g/mol. The van der Waals surface area contributed by atoms with Gasteiger partial charge in [-0.3, -0.25) is 4.79 Å². The number of morpholine rings is 1. The standard InChI is InChI=1S/C16H22ClN3O4S/c17-13-2-1-3-15(10-13)25(22,23)20-7-5-19(6-8-20)16(21)11-14-12-24-9-4-18-14/h1-3,10,14,18H,4-9,11-12H2. The van der Waals surface area contributed by atoms with Crippen LogP contribution in [-0.2, 0) is 19.6 Å². The third-order valence-corrected chi connectivity index (χ3v) is 6.57. The molecule has 1 N–H and O–H groups in total.